The number of rotatable bonds is 1. The molecule has 14 heavy (non-hydrogen) atoms. The van der Waals surface area contributed by atoms with E-state index < -0.39 is 9.64 Å². The van der Waals surface area contributed by atoms with Crippen molar-refractivity contribution in [3.8, 4) is 0 Å². The van der Waals surface area contributed by atoms with Crippen LogP contribution in [-0.2, 0) is 20.8 Å². The fourth-order valence-electron chi connectivity index (χ4n) is 1.40. The second kappa shape index (κ2) is 3.25. The second-order valence-electron chi connectivity index (χ2n) is 2.87. The Morgan fingerprint density at radius 1 is 1.14 bits per heavy atom. The number of benzene rings is 1. The Labute approximate surface area is 88.4 Å². The fourth-order valence-corrected chi connectivity index (χ4v) is 2.47. The summed E-state index contributed by atoms with van der Waals surface area (Å²) in [4.78, 5) is 23.4. The van der Waals surface area contributed by atoms with E-state index in [-0.39, 0.29) is 11.8 Å². The van der Waals surface area contributed by atoms with Crippen molar-refractivity contribution in [1.82, 2.24) is 4.31 Å². The maximum atomic E-state index is 11.7. The average Bonchev–Trinajstić information content (AvgIpc) is 2.41. The molecule has 1 aliphatic rings. The van der Waals surface area contributed by atoms with Crippen LogP contribution >= 0.6 is 0 Å². The van der Waals surface area contributed by atoms with Crippen LogP contribution < -0.4 is 0 Å². The van der Waals surface area contributed by atoms with Gasteiger partial charge in [-0.1, -0.05) is 12.1 Å². The smallest absolute Gasteiger partial charge is 0.268 e. The molecule has 1 atom stereocenters. The van der Waals surface area contributed by atoms with E-state index >= 15 is 0 Å². The zero-order valence-electron chi connectivity index (χ0n) is 7.39. The van der Waals surface area contributed by atoms with Crippen LogP contribution in [-0.4, -0.2) is 22.4 Å². The minimum Gasteiger partial charge on any atom is -0.268 e. The molecule has 1 unspecified atom stereocenters. The van der Waals surface area contributed by atoms with Gasteiger partial charge in [-0.15, -0.1) is 0 Å². The quantitative estimate of drug-likeness (QED) is 0.667. The van der Waals surface area contributed by atoms with Gasteiger partial charge in [0.25, 0.3) is 11.8 Å². The molecule has 72 valence electrons. The van der Waals surface area contributed by atoms with Crippen LogP contribution in [0.5, 0.6) is 0 Å². The summed E-state index contributed by atoms with van der Waals surface area (Å²) >= 11 is 4.95. The van der Waals surface area contributed by atoms with Gasteiger partial charge in [0.05, 0.1) is 11.1 Å². The van der Waals surface area contributed by atoms with Crippen LogP contribution in [0.4, 0.5) is 0 Å². The predicted molar refractivity (Wildman–Crippen MR) is 57.6 cm³/mol. The molecule has 0 N–H and O–H groups in total. The third kappa shape index (κ3) is 1.20. The highest BCUT2D eigenvalue weighted by molar-refractivity contribution is 8.27. The SMILES string of the molecule is CS(=S)N1C(=O)c2ccccc2C1=O. The van der Waals surface area contributed by atoms with Gasteiger partial charge in [-0.3, -0.25) is 9.59 Å². The number of carbonyl (C=O) groups is 2. The Balaban J connectivity index is 2.59. The molecule has 3 nitrogen and oxygen atoms in total. The molecule has 1 aromatic carbocycles. The normalized spacial score (nSPS) is 17.1. The highest BCUT2D eigenvalue weighted by Gasteiger charge is 2.35. The van der Waals surface area contributed by atoms with Crippen molar-refractivity contribution < 1.29 is 9.59 Å². The Morgan fingerprint density at radius 2 is 1.57 bits per heavy atom. The number of amides is 2. The summed E-state index contributed by atoms with van der Waals surface area (Å²) in [6.07, 6.45) is 1.68. The van der Waals surface area contributed by atoms with E-state index in [1.54, 1.807) is 30.5 Å². The molecule has 0 spiro atoms. The molecule has 0 saturated carbocycles. The predicted octanol–water partition coefficient (Wildman–Crippen LogP) is 0.908. The van der Waals surface area contributed by atoms with Crippen LogP contribution in [0.1, 0.15) is 20.7 Å². The number of carbonyl (C=O) groups excluding carboxylic acids is 2. The molecule has 1 heterocycles. The van der Waals surface area contributed by atoms with E-state index in [0.717, 1.165) is 4.31 Å². The minimum absolute atomic E-state index is 0.272. The maximum absolute atomic E-state index is 11.7. The van der Waals surface area contributed by atoms with Gasteiger partial charge in [0.15, 0.2) is 0 Å². The first kappa shape index (κ1) is 9.48. The molecule has 1 aromatic rings. The van der Waals surface area contributed by atoms with Crippen LogP contribution in [0.2, 0.25) is 0 Å². The highest BCUT2D eigenvalue weighted by atomic mass is 32.8. The van der Waals surface area contributed by atoms with Gasteiger partial charge < -0.3 is 0 Å². The number of fused-ring (bicyclic) bond motifs is 1. The summed E-state index contributed by atoms with van der Waals surface area (Å²) in [6.45, 7) is 0. The van der Waals surface area contributed by atoms with Crippen molar-refractivity contribution in [2.24, 2.45) is 0 Å². The fraction of sp³-hybridized carbons (Fsp3) is 0.111. The Bertz CT molecular complexity index is 421. The molecule has 0 fully saturated rings. The summed E-state index contributed by atoms with van der Waals surface area (Å²) in [5.74, 6) is -0.544. The molecule has 1 aliphatic heterocycles. The van der Waals surface area contributed by atoms with E-state index in [1.165, 1.54) is 0 Å². The van der Waals surface area contributed by atoms with Crippen molar-refractivity contribution in [3.63, 3.8) is 0 Å². The lowest BCUT2D eigenvalue weighted by Gasteiger charge is -2.10. The van der Waals surface area contributed by atoms with Crippen molar-refractivity contribution in [1.29, 1.82) is 0 Å². The summed E-state index contributed by atoms with van der Waals surface area (Å²) in [5, 5.41) is 0. The van der Waals surface area contributed by atoms with Crippen molar-refractivity contribution in [2.45, 2.75) is 0 Å². The lowest BCUT2D eigenvalue weighted by Crippen LogP contribution is -2.30. The van der Waals surface area contributed by atoms with Crippen molar-refractivity contribution in [3.05, 3.63) is 35.4 Å². The zero-order valence-corrected chi connectivity index (χ0v) is 9.02. The van der Waals surface area contributed by atoms with Gasteiger partial charge in [0, 0.05) is 6.26 Å². The van der Waals surface area contributed by atoms with E-state index in [1.807, 2.05) is 0 Å². The van der Waals surface area contributed by atoms with Gasteiger partial charge in [-0.25, -0.2) is 4.31 Å². The zero-order chi connectivity index (χ0) is 10.3. The summed E-state index contributed by atoms with van der Waals surface area (Å²) in [5.41, 5.74) is 0.920. The summed E-state index contributed by atoms with van der Waals surface area (Å²) in [7, 11) is -0.760. The van der Waals surface area contributed by atoms with Crippen molar-refractivity contribution in [2.75, 3.05) is 6.26 Å². The summed E-state index contributed by atoms with van der Waals surface area (Å²) < 4.78 is 1.14. The third-order valence-electron chi connectivity index (χ3n) is 2.01. The Hall–Kier alpha value is -1.07. The second-order valence-corrected chi connectivity index (χ2v) is 5.53. The van der Waals surface area contributed by atoms with E-state index in [0.29, 0.717) is 11.1 Å². The Morgan fingerprint density at radius 3 is 1.93 bits per heavy atom. The van der Waals surface area contributed by atoms with Crippen LogP contribution in [0.25, 0.3) is 0 Å². The molecule has 5 heteroatoms. The number of imide groups is 1. The molecular formula is C9H7NO2S2. The molecule has 0 saturated heterocycles. The highest BCUT2D eigenvalue weighted by Crippen LogP contribution is 2.23. The van der Waals surface area contributed by atoms with Crippen LogP contribution in [0.3, 0.4) is 0 Å². The molecular weight excluding hydrogens is 218 g/mol. The summed E-state index contributed by atoms with van der Waals surface area (Å²) in [6, 6.07) is 6.78. The average molecular weight is 225 g/mol. The molecule has 0 aromatic heterocycles. The monoisotopic (exact) mass is 225 g/mol. The van der Waals surface area contributed by atoms with Gasteiger partial charge in [0.1, 0.15) is 0 Å². The first-order valence-electron chi connectivity index (χ1n) is 3.94. The number of nitrogens with zero attached hydrogens (tertiary/aromatic N) is 1. The number of hydrogen-bond acceptors (Lipinski definition) is 3. The van der Waals surface area contributed by atoms with E-state index in [4.69, 9.17) is 11.2 Å². The van der Waals surface area contributed by atoms with Gasteiger partial charge >= 0.3 is 0 Å². The molecule has 2 amide bonds. The third-order valence-corrected chi connectivity index (χ3v) is 3.31. The molecule has 0 radical (unpaired) electrons. The molecule has 2 rings (SSSR count). The maximum Gasteiger partial charge on any atom is 0.271 e. The largest absolute Gasteiger partial charge is 0.271 e. The van der Waals surface area contributed by atoms with Gasteiger partial charge in [0.2, 0.25) is 0 Å². The Kier molecular flexibility index (Phi) is 2.20. The van der Waals surface area contributed by atoms with E-state index in [2.05, 4.69) is 0 Å². The van der Waals surface area contributed by atoms with Crippen LogP contribution in [0.15, 0.2) is 24.3 Å². The first-order chi connectivity index (χ1) is 6.63. The lowest BCUT2D eigenvalue weighted by atomic mass is 10.1. The number of hydrogen-bond donors (Lipinski definition) is 0. The molecule has 0 bridgehead atoms. The minimum atomic E-state index is -0.760. The van der Waals surface area contributed by atoms with Gasteiger partial charge in [-0.2, -0.15) is 0 Å². The topological polar surface area (TPSA) is 37.4 Å². The molecule has 0 aliphatic carbocycles. The first-order valence-corrected chi connectivity index (χ1v) is 6.46. The standard InChI is InChI=1S/C9H7NO2S2/c1-14(13)10-8(11)6-4-2-3-5-7(6)9(10)12/h2-5H,1H3. The van der Waals surface area contributed by atoms with Crippen molar-refractivity contribution >= 4 is 32.6 Å². The van der Waals surface area contributed by atoms with Crippen LogP contribution in [0, 0.1) is 0 Å². The lowest BCUT2D eigenvalue weighted by molar-refractivity contribution is 0.0776. The van der Waals surface area contributed by atoms with Gasteiger partial charge in [-0.05, 0) is 33.0 Å². The van der Waals surface area contributed by atoms with E-state index in [9.17, 15) is 9.59 Å².